The minimum Gasteiger partial charge on any atom is -0.316 e. The summed E-state index contributed by atoms with van der Waals surface area (Å²) < 4.78 is 12.6. The first-order valence-electron chi connectivity index (χ1n) is 4.67. The summed E-state index contributed by atoms with van der Waals surface area (Å²) in [6, 6.07) is 7.19. The van der Waals surface area contributed by atoms with Crippen molar-refractivity contribution in [3.05, 3.63) is 35.6 Å². The van der Waals surface area contributed by atoms with Crippen molar-refractivity contribution in [2.75, 3.05) is 19.1 Å². The largest absolute Gasteiger partial charge is 0.316 e. The Morgan fingerprint density at radius 2 is 2.00 bits per heavy atom. The zero-order valence-electron chi connectivity index (χ0n) is 8.59. The van der Waals surface area contributed by atoms with E-state index in [9.17, 15) is 4.39 Å². The van der Waals surface area contributed by atoms with Gasteiger partial charge in [0.05, 0.1) is 0 Å². The molecular formula is C11H16FNS. The lowest BCUT2D eigenvalue weighted by Gasteiger charge is -2.14. The Hall–Kier alpha value is -0.540. The van der Waals surface area contributed by atoms with E-state index in [0.717, 1.165) is 12.2 Å². The summed E-state index contributed by atoms with van der Waals surface area (Å²) in [4.78, 5) is 0. The molecule has 0 aliphatic rings. The van der Waals surface area contributed by atoms with Gasteiger partial charge in [0.2, 0.25) is 0 Å². The van der Waals surface area contributed by atoms with Crippen molar-refractivity contribution in [1.29, 1.82) is 0 Å². The summed E-state index contributed by atoms with van der Waals surface area (Å²) in [5, 5.41) is 3.25. The van der Waals surface area contributed by atoms with E-state index in [2.05, 4.69) is 11.6 Å². The van der Waals surface area contributed by atoms with Crippen molar-refractivity contribution in [2.24, 2.45) is 0 Å². The number of hydrogen-bond donors (Lipinski definition) is 1. The maximum atomic E-state index is 12.6. The van der Waals surface area contributed by atoms with Gasteiger partial charge in [0.25, 0.3) is 0 Å². The quantitative estimate of drug-likeness (QED) is 0.805. The Bertz CT molecular complexity index is 260. The average Bonchev–Trinajstić information content (AvgIpc) is 2.20. The molecular weight excluding hydrogens is 197 g/mol. The lowest BCUT2D eigenvalue weighted by Crippen LogP contribution is -2.29. The summed E-state index contributed by atoms with van der Waals surface area (Å²) in [6.45, 7) is 0. The zero-order chi connectivity index (χ0) is 10.4. The Balaban J connectivity index is 2.53. The van der Waals surface area contributed by atoms with Crippen molar-refractivity contribution in [2.45, 2.75) is 12.5 Å². The molecule has 14 heavy (non-hydrogen) atoms. The number of hydrogen-bond acceptors (Lipinski definition) is 2. The highest BCUT2D eigenvalue weighted by molar-refractivity contribution is 7.98. The second kappa shape index (κ2) is 6.04. The first kappa shape index (κ1) is 11.5. The van der Waals surface area contributed by atoms with Crippen LogP contribution in [0.5, 0.6) is 0 Å². The topological polar surface area (TPSA) is 12.0 Å². The van der Waals surface area contributed by atoms with Crippen molar-refractivity contribution >= 4 is 11.8 Å². The lowest BCUT2D eigenvalue weighted by molar-refractivity contribution is 0.610. The molecule has 0 saturated carbocycles. The van der Waals surface area contributed by atoms with E-state index in [0.29, 0.717) is 6.04 Å². The Morgan fingerprint density at radius 1 is 1.36 bits per heavy atom. The van der Waals surface area contributed by atoms with E-state index in [1.807, 2.05) is 30.9 Å². The molecule has 0 aliphatic carbocycles. The summed E-state index contributed by atoms with van der Waals surface area (Å²) in [5.74, 6) is 0.910. The van der Waals surface area contributed by atoms with Crippen LogP contribution in [-0.2, 0) is 6.42 Å². The van der Waals surface area contributed by atoms with Crippen LogP contribution < -0.4 is 5.32 Å². The fourth-order valence-electron chi connectivity index (χ4n) is 1.35. The molecule has 1 aromatic rings. The molecule has 0 aromatic heterocycles. The number of thioether (sulfide) groups is 1. The molecule has 0 spiro atoms. The Kier molecular flexibility index (Phi) is 4.98. The highest BCUT2D eigenvalue weighted by Crippen LogP contribution is 2.08. The third kappa shape index (κ3) is 3.68. The monoisotopic (exact) mass is 213 g/mol. The maximum absolute atomic E-state index is 12.6. The molecule has 1 rings (SSSR count). The molecule has 0 aliphatic heterocycles. The molecule has 0 saturated heterocycles. The van der Waals surface area contributed by atoms with Gasteiger partial charge < -0.3 is 5.32 Å². The summed E-state index contributed by atoms with van der Waals surface area (Å²) in [7, 11) is 1.96. The molecule has 0 bridgehead atoms. The molecule has 0 amide bonds. The summed E-state index contributed by atoms with van der Waals surface area (Å²) in [6.07, 6.45) is 3.05. The van der Waals surface area contributed by atoms with Crippen LogP contribution in [0.25, 0.3) is 0 Å². The normalized spacial score (nSPS) is 12.8. The van der Waals surface area contributed by atoms with Crippen LogP contribution >= 0.6 is 11.8 Å². The van der Waals surface area contributed by atoms with Crippen LogP contribution in [0.4, 0.5) is 4.39 Å². The number of rotatable bonds is 5. The van der Waals surface area contributed by atoms with Crippen LogP contribution in [0.15, 0.2) is 24.3 Å². The first-order chi connectivity index (χ1) is 6.76. The third-order valence-corrected chi connectivity index (χ3v) is 2.91. The van der Waals surface area contributed by atoms with Crippen LogP contribution in [0, 0.1) is 5.82 Å². The van der Waals surface area contributed by atoms with E-state index in [-0.39, 0.29) is 5.82 Å². The third-order valence-electron chi connectivity index (χ3n) is 2.17. The molecule has 1 N–H and O–H groups in total. The SMILES string of the molecule is CNC(CSC)Cc1ccc(F)cc1. The highest BCUT2D eigenvalue weighted by Gasteiger charge is 2.05. The van der Waals surface area contributed by atoms with E-state index >= 15 is 0 Å². The van der Waals surface area contributed by atoms with Gasteiger partial charge in [-0.25, -0.2) is 4.39 Å². The molecule has 3 heteroatoms. The fraction of sp³-hybridized carbons (Fsp3) is 0.455. The van der Waals surface area contributed by atoms with Crippen molar-refractivity contribution in [3.63, 3.8) is 0 Å². The smallest absolute Gasteiger partial charge is 0.123 e. The van der Waals surface area contributed by atoms with Crippen molar-refractivity contribution in [1.82, 2.24) is 5.32 Å². The maximum Gasteiger partial charge on any atom is 0.123 e. The first-order valence-corrected chi connectivity index (χ1v) is 6.06. The molecule has 0 radical (unpaired) electrons. The van der Waals surface area contributed by atoms with Gasteiger partial charge in [-0.3, -0.25) is 0 Å². The second-order valence-electron chi connectivity index (χ2n) is 3.27. The van der Waals surface area contributed by atoms with Gasteiger partial charge in [-0.05, 0) is 37.4 Å². The van der Waals surface area contributed by atoms with Crippen molar-refractivity contribution < 1.29 is 4.39 Å². The molecule has 1 nitrogen and oxygen atoms in total. The number of benzene rings is 1. The van der Waals surface area contributed by atoms with E-state index < -0.39 is 0 Å². The van der Waals surface area contributed by atoms with Crippen LogP contribution in [0.2, 0.25) is 0 Å². The molecule has 1 aromatic carbocycles. The van der Waals surface area contributed by atoms with Crippen LogP contribution in [0.1, 0.15) is 5.56 Å². The summed E-state index contributed by atoms with van der Waals surface area (Å²) in [5.41, 5.74) is 1.18. The van der Waals surface area contributed by atoms with Gasteiger partial charge in [0.1, 0.15) is 5.82 Å². The average molecular weight is 213 g/mol. The minimum absolute atomic E-state index is 0.167. The zero-order valence-corrected chi connectivity index (χ0v) is 9.40. The molecule has 78 valence electrons. The number of halogens is 1. The highest BCUT2D eigenvalue weighted by atomic mass is 32.2. The van der Waals surface area contributed by atoms with Gasteiger partial charge in [0, 0.05) is 11.8 Å². The Morgan fingerprint density at radius 3 is 2.50 bits per heavy atom. The van der Waals surface area contributed by atoms with Crippen LogP contribution in [0.3, 0.4) is 0 Å². The lowest BCUT2D eigenvalue weighted by atomic mass is 10.1. The van der Waals surface area contributed by atoms with Gasteiger partial charge in [-0.15, -0.1) is 0 Å². The van der Waals surface area contributed by atoms with Gasteiger partial charge in [0.15, 0.2) is 0 Å². The molecule has 0 heterocycles. The predicted octanol–water partition coefficient (Wildman–Crippen LogP) is 2.32. The van der Waals surface area contributed by atoms with Gasteiger partial charge in [-0.1, -0.05) is 12.1 Å². The van der Waals surface area contributed by atoms with Crippen molar-refractivity contribution in [3.8, 4) is 0 Å². The predicted molar refractivity (Wildman–Crippen MR) is 61.3 cm³/mol. The number of nitrogens with one attached hydrogen (secondary N) is 1. The molecule has 1 atom stereocenters. The van der Waals surface area contributed by atoms with Gasteiger partial charge in [-0.2, -0.15) is 11.8 Å². The Labute approximate surface area is 89.1 Å². The van der Waals surface area contributed by atoms with E-state index in [4.69, 9.17) is 0 Å². The fourth-order valence-corrected chi connectivity index (χ4v) is 2.04. The van der Waals surface area contributed by atoms with E-state index in [1.165, 1.54) is 17.7 Å². The second-order valence-corrected chi connectivity index (χ2v) is 4.18. The minimum atomic E-state index is -0.167. The number of likely N-dealkylation sites (N-methyl/N-ethyl adjacent to an activating group) is 1. The molecule has 1 unspecified atom stereocenters. The molecule has 0 fully saturated rings. The standard InChI is InChI=1S/C11H16FNS/c1-13-11(8-14-2)7-9-3-5-10(12)6-4-9/h3-6,11,13H,7-8H2,1-2H3. The van der Waals surface area contributed by atoms with Crippen LogP contribution in [-0.4, -0.2) is 25.1 Å². The summed E-state index contributed by atoms with van der Waals surface area (Å²) >= 11 is 1.82. The van der Waals surface area contributed by atoms with E-state index in [1.54, 1.807) is 0 Å². The van der Waals surface area contributed by atoms with Gasteiger partial charge >= 0.3 is 0 Å².